The fraction of sp³-hybridized carbons (Fsp3) is 0.867. The van der Waals surface area contributed by atoms with E-state index < -0.39 is 11.3 Å². The maximum atomic E-state index is 12.5. The lowest BCUT2D eigenvalue weighted by atomic mass is 10.1. The molecular weight excluding hydrogens is 274 g/mol. The van der Waals surface area contributed by atoms with E-state index in [2.05, 4.69) is 0 Å². The van der Waals surface area contributed by atoms with E-state index in [4.69, 9.17) is 14.2 Å². The molecule has 4 atom stereocenters. The van der Waals surface area contributed by atoms with Crippen molar-refractivity contribution in [2.75, 3.05) is 13.2 Å². The van der Waals surface area contributed by atoms with Crippen LogP contribution in [0.2, 0.25) is 0 Å². The van der Waals surface area contributed by atoms with Gasteiger partial charge in [-0.15, -0.1) is 0 Å². The highest BCUT2D eigenvalue weighted by Gasteiger charge is 2.67. The van der Waals surface area contributed by atoms with E-state index in [1.165, 1.54) is 0 Å². The number of hydrogen-bond donors (Lipinski definition) is 0. The van der Waals surface area contributed by atoms with E-state index in [-0.39, 0.29) is 35.9 Å². The quantitative estimate of drug-likeness (QED) is 0.690. The van der Waals surface area contributed by atoms with E-state index in [0.29, 0.717) is 13.2 Å². The Balaban J connectivity index is 1.78. The second-order valence-corrected chi connectivity index (χ2v) is 7.57. The van der Waals surface area contributed by atoms with Gasteiger partial charge in [-0.2, -0.15) is 0 Å². The summed E-state index contributed by atoms with van der Waals surface area (Å²) in [5, 5.41) is 0. The fourth-order valence-corrected chi connectivity index (χ4v) is 3.53. The number of carbonyl (C=O) groups excluding carboxylic acids is 2. The van der Waals surface area contributed by atoms with E-state index in [1.54, 1.807) is 4.90 Å². The fourth-order valence-electron chi connectivity index (χ4n) is 3.53. The van der Waals surface area contributed by atoms with Crippen LogP contribution in [0.5, 0.6) is 0 Å². The van der Waals surface area contributed by atoms with Gasteiger partial charge in [-0.1, -0.05) is 0 Å². The van der Waals surface area contributed by atoms with Gasteiger partial charge in [0.25, 0.3) is 0 Å². The van der Waals surface area contributed by atoms with Crippen LogP contribution in [0.3, 0.4) is 0 Å². The summed E-state index contributed by atoms with van der Waals surface area (Å²) in [6.07, 6.45) is -0.381. The molecule has 1 aliphatic carbocycles. The number of cyclic esters (lactones) is 1. The van der Waals surface area contributed by atoms with Gasteiger partial charge in [0.1, 0.15) is 11.3 Å². The zero-order chi connectivity index (χ0) is 15.6. The molecule has 0 N–H and O–H groups in total. The van der Waals surface area contributed by atoms with Gasteiger partial charge in [0.2, 0.25) is 0 Å². The minimum atomic E-state index is -0.714. The molecule has 2 heterocycles. The second-order valence-electron chi connectivity index (χ2n) is 7.57. The molecule has 0 spiro atoms. The summed E-state index contributed by atoms with van der Waals surface area (Å²) < 4.78 is 16.3. The summed E-state index contributed by atoms with van der Waals surface area (Å²) >= 11 is 0. The van der Waals surface area contributed by atoms with Gasteiger partial charge in [-0.3, -0.25) is 9.69 Å². The molecule has 21 heavy (non-hydrogen) atoms. The highest BCUT2D eigenvalue weighted by Crippen LogP contribution is 2.56. The first kappa shape index (κ1) is 14.6. The first-order valence-corrected chi connectivity index (χ1v) is 7.45. The van der Waals surface area contributed by atoms with Crippen LogP contribution in [-0.4, -0.2) is 47.5 Å². The molecule has 2 saturated heterocycles. The van der Waals surface area contributed by atoms with E-state index in [1.807, 2.05) is 34.6 Å². The number of hydrogen-bond acceptors (Lipinski definition) is 5. The molecule has 0 aromatic rings. The molecule has 0 aromatic carbocycles. The van der Waals surface area contributed by atoms with Crippen LogP contribution < -0.4 is 0 Å². The number of amides is 1. The maximum Gasteiger partial charge on any atom is 0.412 e. The van der Waals surface area contributed by atoms with Crippen LogP contribution in [-0.2, 0) is 19.0 Å². The number of fused-ring (bicyclic) bond motifs is 1. The minimum Gasteiger partial charge on any atom is -0.465 e. The highest BCUT2D eigenvalue weighted by molar-refractivity contribution is 5.79. The van der Waals surface area contributed by atoms with Crippen molar-refractivity contribution >= 4 is 12.1 Å². The van der Waals surface area contributed by atoms with Crippen molar-refractivity contribution in [2.45, 2.75) is 52.0 Å². The van der Waals surface area contributed by atoms with E-state index in [9.17, 15) is 9.59 Å². The minimum absolute atomic E-state index is 0.0718. The van der Waals surface area contributed by atoms with Gasteiger partial charge in [-0.05, 0) is 34.6 Å². The van der Waals surface area contributed by atoms with Gasteiger partial charge >= 0.3 is 12.1 Å². The molecule has 118 valence electrons. The summed E-state index contributed by atoms with van der Waals surface area (Å²) in [7, 11) is 0. The third-order valence-corrected chi connectivity index (χ3v) is 4.47. The number of carbonyl (C=O) groups is 2. The van der Waals surface area contributed by atoms with Crippen molar-refractivity contribution in [3.05, 3.63) is 0 Å². The van der Waals surface area contributed by atoms with Crippen LogP contribution in [0.1, 0.15) is 34.6 Å². The molecule has 2 aliphatic heterocycles. The van der Waals surface area contributed by atoms with Crippen LogP contribution in [0.15, 0.2) is 0 Å². The molecule has 6 heteroatoms. The SMILES string of the molecule is CC(C)(C)OC(=O)N1C([C@H]2[C@@H]3COC(=O)[C@H]32)COC1(C)C. The molecule has 0 bridgehead atoms. The summed E-state index contributed by atoms with van der Waals surface area (Å²) in [5.74, 6) is 0.154. The lowest BCUT2D eigenvalue weighted by Gasteiger charge is -2.35. The van der Waals surface area contributed by atoms with Gasteiger partial charge in [0.05, 0.1) is 25.2 Å². The second kappa shape index (κ2) is 4.35. The largest absolute Gasteiger partial charge is 0.465 e. The zero-order valence-electron chi connectivity index (χ0n) is 13.2. The molecule has 3 fully saturated rings. The molecule has 1 amide bonds. The Labute approximate surface area is 124 Å². The first-order valence-electron chi connectivity index (χ1n) is 7.45. The van der Waals surface area contributed by atoms with Crippen molar-refractivity contribution in [3.63, 3.8) is 0 Å². The Morgan fingerprint density at radius 1 is 1.33 bits per heavy atom. The lowest BCUT2D eigenvalue weighted by Crippen LogP contribution is -2.51. The molecule has 3 aliphatic rings. The third-order valence-electron chi connectivity index (χ3n) is 4.47. The van der Waals surface area contributed by atoms with E-state index in [0.717, 1.165) is 0 Å². The van der Waals surface area contributed by atoms with Crippen molar-refractivity contribution in [2.24, 2.45) is 17.8 Å². The molecule has 0 radical (unpaired) electrons. The average molecular weight is 297 g/mol. The van der Waals surface area contributed by atoms with Crippen molar-refractivity contribution in [3.8, 4) is 0 Å². The summed E-state index contributed by atoms with van der Waals surface area (Å²) in [5.41, 5.74) is -1.27. The Hall–Kier alpha value is -1.30. The number of ether oxygens (including phenoxy) is 3. The van der Waals surface area contributed by atoms with Crippen LogP contribution in [0, 0.1) is 17.8 Å². The van der Waals surface area contributed by atoms with Gasteiger partial charge in [0.15, 0.2) is 0 Å². The third kappa shape index (κ3) is 2.39. The molecular formula is C15H23NO5. The maximum absolute atomic E-state index is 12.5. The summed E-state index contributed by atoms with van der Waals surface area (Å²) in [6, 6.07) is -0.113. The average Bonchev–Trinajstić information content (AvgIpc) is 2.76. The number of nitrogens with zero attached hydrogens (tertiary/aromatic N) is 1. The number of rotatable bonds is 1. The molecule has 6 nitrogen and oxygen atoms in total. The Morgan fingerprint density at radius 3 is 2.52 bits per heavy atom. The standard InChI is InChI=1S/C15H23NO5/c1-14(2,3)21-13(18)16-9(7-20-15(16,4)5)10-8-6-19-12(17)11(8)10/h8-11H,6-7H2,1-5H3/t8-,9?,10+,11+/m0/s1. The molecule has 1 saturated carbocycles. The zero-order valence-corrected chi connectivity index (χ0v) is 13.2. The van der Waals surface area contributed by atoms with Gasteiger partial charge in [0, 0.05) is 11.8 Å². The van der Waals surface area contributed by atoms with E-state index >= 15 is 0 Å². The summed E-state index contributed by atoms with van der Waals surface area (Å²) in [4.78, 5) is 25.8. The Bertz CT molecular complexity index is 481. The van der Waals surface area contributed by atoms with Crippen molar-refractivity contribution < 1.29 is 23.8 Å². The van der Waals surface area contributed by atoms with Gasteiger partial charge in [-0.25, -0.2) is 4.79 Å². The number of esters is 1. The lowest BCUT2D eigenvalue weighted by molar-refractivity contribution is -0.142. The first-order chi connectivity index (χ1) is 9.62. The predicted molar refractivity (Wildman–Crippen MR) is 73.3 cm³/mol. The Morgan fingerprint density at radius 2 is 2.00 bits per heavy atom. The normalized spacial score (nSPS) is 37.2. The van der Waals surface area contributed by atoms with Crippen LogP contribution in [0.4, 0.5) is 4.79 Å². The molecule has 1 unspecified atom stereocenters. The van der Waals surface area contributed by atoms with Crippen molar-refractivity contribution in [1.29, 1.82) is 0 Å². The topological polar surface area (TPSA) is 65.1 Å². The van der Waals surface area contributed by atoms with Gasteiger partial charge < -0.3 is 14.2 Å². The monoisotopic (exact) mass is 297 g/mol. The van der Waals surface area contributed by atoms with Crippen LogP contribution in [0.25, 0.3) is 0 Å². The summed E-state index contributed by atoms with van der Waals surface area (Å²) in [6.45, 7) is 10.1. The Kier molecular flexibility index (Phi) is 3.03. The predicted octanol–water partition coefficient (Wildman–Crippen LogP) is 1.78. The van der Waals surface area contributed by atoms with Crippen molar-refractivity contribution in [1.82, 2.24) is 4.90 Å². The molecule has 0 aromatic heterocycles. The molecule has 3 rings (SSSR count). The highest BCUT2D eigenvalue weighted by atomic mass is 16.6. The smallest absolute Gasteiger partial charge is 0.412 e. The van der Waals surface area contributed by atoms with Crippen LogP contribution >= 0.6 is 0 Å².